The van der Waals surface area contributed by atoms with Crippen LogP contribution < -0.4 is 10.6 Å². The number of ether oxygens (including phenoxy) is 1. The molecule has 1 saturated carbocycles. The number of aryl methyl sites for hydroxylation is 1. The highest BCUT2D eigenvalue weighted by atomic mass is 32.2. The van der Waals surface area contributed by atoms with Crippen LogP contribution in [0.3, 0.4) is 0 Å². The number of carbonyl (C=O) groups excluding carboxylic acids is 1. The molecule has 3 saturated heterocycles. The van der Waals surface area contributed by atoms with Crippen LogP contribution in [0.5, 0.6) is 0 Å². The van der Waals surface area contributed by atoms with Crippen LogP contribution >= 0.6 is 11.8 Å². The Morgan fingerprint density at radius 3 is 2.90 bits per heavy atom. The van der Waals surface area contributed by atoms with Gasteiger partial charge in [-0.05, 0) is 76.2 Å². The van der Waals surface area contributed by atoms with E-state index in [-0.39, 0.29) is 29.2 Å². The fourth-order valence-electron chi connectivity index (χ4n) is 7.91. The van der Waals surface area contributed by atoms with Crippen molar-refractivity contribution in [2.45, 2.75) is 92.2 Å². The van der Waals surface area contributed by atoms with E-state index in [4.69, 9.17) is 4.74 Å². The van der Waals surface area contributed by atoms with Crippen molar-refractivity contribution in [2.75, 3.05) is 39.8 Å². The SMILES string of the molecule is C=CC(=O)N1CCN(C2NC(OCC3CCCN3C)NC3C[C@@]4(CCC32)Cc2cccc(C)c2S4)CC1CC#N. The lowest BCUT2D eigenvalue weighted by Gasteiger charge is -2.55. The molecule has 0 aromatic heterocycles. The molecule has 9 heteroatoms. The number of carbonyl (C=O) groups is 1. The van der Waals surface area contributed by atoms with Crippen LogP contribution in [0, 0.1) is 24.2 Å². The van der Waals surface area contributed by atoms with Crippen LogP contribution in [0.1, 0.15) is 49.7 Å². The van der Waals surface area contributed by atoms with Crippen LogP contribution in [0.15, 0.2) is 35.7 Å². The molecular weight excluding hydrogens is 520 g/mol. The third-order valence-electron chi connectivity index (χ3n) is 10.1. The van der Waals surface area contributed by atoms with E-state index in [1.807, 2.05) is 4.90 Å². The zero-order chi connectivity index (χ0) is 27.9. The lowest BCUT2D eigenvalue weighted by atomic mass is 9.73. The highest BCUT2D eigenvalue weighted by Gasteiger charge is 2.51. The Morgan fingerprint density at radius 2 is 2.15 bits per heavy atom. The summed E-state index contributed by atoms with van der Waals surface area (Å²) >= 11 is 2.12. The number of piperazine rings is 1. The van der Waals surface area contributed by atoms with Crippen molar-refractivity contribution in [3.8, 4) is 6.07 Å². The van der Waals surface area contributed by atoms with E-state index in [2.05, 4.69) is 77.0 Å². The maximum atomic E-state index is 12.5. The minimum absolute atomic E-state index is 0.0781. The number of fused-ring (bicyclic) bond motifs is 2. The van der Waals surface area contributed by atoms with E-state index < -0.39 is 0 Å². The normalized spacial score (nSPS) is 36.3. The molecule has 1 spiro atoms. The summed E-state index contributed by atoms with van der Waals surface area (Å²) in [5.41, 5.74) is 2.91. The second-order valence-electron chi connectivity index (χ2n) is 12.6. The van der Waals surface area contributed by atoms with E-state index in [0.717, 1.165) is 32.4 Å². The molecule has 40 heavy (non-hydrogen) atoms. The Balaban J connectivity index is 1.21. The van der Waals surface area contributed by atoms with Crippen LogP contribution in [0.4, 0.5) is 0 Å². The van der Waals surface area contributed by atoms with Crippen molar-refractivity contribution in [2.24, 2.45) is 5.92 Å². The summed E-state index contributed by atoms with van der Waals surface area (Å²) in [4.78, 5) is 20.8. The lowest BCUT2D eigenvalue weighted by Crippen LogP contribution is -2.72. The highest BCUT2D eigenvalue weighted by Crippen LogP contribution is 2.55. The molecule has 2 N–H and O–H groups in total. The van der Waals surface area contributed by atoms with Crippen molar-refractivity contribution in [1.82, 2.24) is 25.3 Å². The molecule has 8 nitrogen and oxygen atoms in total. The predicted octanol–water partition coefficient (Wildman–Crippen LogP) is 3.08. The van der Waals surface area contributed by atoms with Crippen LogP contribution in [-0.4, -0.2) is 95.8 Å². The zero-order valence-electron chi connectivity index (χ0n) is 24.0. The second-order valence-corrected chi connectivity index (χ2v) is 14.0. The van der Waals surface area contributed by atoms with Gasteiger partial charge in [0.05, 0.1) is 31.3 Å². The number of hydrogen-bond acceptors (Lipinski definition) is 8. The summed E-state index contributed by atoms with van der Waals surface area (Å²) in [6.45, 7) is 9.88. The van der Waals surface area contributed by atoms with E-state index in [1.165, 1.54) is 41.4 Å². The Morgan fingerprint density at radius 1 is 1.27 bits per heavy atom. The molecule has 4 heterocycles. The minimum Gasteiger partial charge on any atom is -0.348 e. The van der Waals surface area contributed by atoms with Gasteiger partial charge in [-0.3, -0.25) is 20.3 Å². The van der Waals surface area contributed by atoms with Gasteiger partial charge >= 0.3 is 0 Å². The van der Waals surface area contributed by atoms with Gasteiger partial charge < -0.3 is 14.5 Å². The fourth-order valence-corrected chi connectivity index (χ4v) is 9.55. The zero-order valence-corrected chi connectivity index (χ0v) is 24.8. The molecule has 4 fully saturated rings. The molecule has 6 rings (SSSR count). The predicted molar refractivity (Wildman–Crippen MR) is 158 cm³/mol. The third kappa shape index (κ3) is 5.47. The molecule has 1 aromatic rings. The van der Waals surface area contributed by atoms with E-state index in [0.29, 0.717) is 44.1 Å². The average molecular weight is 565 g/mol. The maximum Gasteiger partial charge on any atom is 0.246 e. The Labute approximate surface area is 243 Å². The summed E-state index contributed by atoms with van der Waals surface area (Å²) in [5, 5.41) is 17.3. The largest absolute Gasteiger partial charge is 0.348 e. The number of thioether (sulfide) groups is 1. The Kier molecular flexibility index (Phi) is 8.28. The van der Waals surface area contributed by atoms with Gasteiger partial charge in [-0.2, -0.15) is 5.26 Å². The monoisotopic (exact) mass is 564 g/mol. The lowest BCUT2D eigenvalue weighted by molar-refractivity contribution is -0.135. The number of benzene rings is 1. The standard InChI is InChI=1S/C31H44N6O2S/c1-4-27(38)37-16-15-36(19-23(37)11-13-32)29-25-10-12-31(17-22-8-5-7-21(2)28(22)40-31)18-26(25)33-30(34-29)39-20-24-9-6-14-35(24)3/h4-5,7-8,23-26,29-30,33-34H,1,6,9-12,14-20H2,2-3H3/t23?,24?,25?,26?,29?,30?,31-/m1/s1. The molecule has 0 bridgehead atoms. The smallest absolute Gasteiger partial charge is 0.246 e. The number of rotatable bonds is 6. The van der Waals surface area contributed by atoms with Gasteiger partial charge in [-0.1, -0.05) is 24.8 Å². The van der Waals surface area contributed by atoms with Gasteiger partial charge in [0.1, 0.15) is 0 Å². The van der Waals surface area contributed by atoms with Gasteiger partial charge in [0.2, 0.25) is 5.91 Å². The summed E-state index contributed by atoms with van der Waals surface area (Å²) in [6.07, 6.45) is 8.66. The van der Waals surface area contributed by atoms with Crippen molar-refractivity contribution < 1.29 is 9.53 Å². The number of likely N-dealkylation sites (tertiary alicyclic amines) is 1. The molecular formula is C31H44N6O2S. The van der Waals surface area contributed by atoms with Gasteiger partial charge in [-0.15, -0.1) is 11.8 Å². The van der Waals surface area contributed by atoms with Crippen LogP contribution in [-0.2, 0) is 16.0 Å². The summed E-state index contributed by atoms with van der Waals surface area (Å²) in [6, 6.07) is 9.77. The highest BCUT2D eigenvalue weighted by molar-refractivity contribution is 8.01. The van der Waals surface area contributed by atoms with Crippen LogP contribution in [0.2, 0.25) is 0 Å². The number of amides is 1. The molecule has 4 aliphatic heterocycles. The van der Waals surface area contributed by atoms with Gasteiger partial charge in [0, 0.05) is 47.3 Å². The fraction of sp³-hybridized carbons (Fsp3) is 0.677. The van der Waals surface area contributed by atoms with Crippen molar-refractivity contribution in [3.63, 3.8) is 0 Å². The van der Waals surface area contributed by atoms with E-state index in [9.17, 15) is 10.1 Å². The molecule has 1 aliphatic carbocycles. The number of nitrogens with zero attached hydrogens (tertiary/aromatic N) is 4. The first-order valence-electron chi connectivity index (χ1n) is 15.1. The molecule has 216 valence electrons. The van der Waals surface area contributed by atoms with Gasteiger partial charge in [0.25, 0.3) is 0 Å². The molecule has 1 aromatic carbocycles. The molecule has 6 unspecified atom stereocenters. The van der Waals surface area contributed by atoms with Crippen LogP contribution in [0.25, 0.3) is 0 Å². The van der Waals surface area contributed by atoms with Crippen molar-refractivity contribution in [1.29, 1.82) is 5.26 Å². The van der Waals surface area contributed by atoms with Gasteiger partial charge in [0.15, 0.2) is 6.35 Å². The van der Waals surface area contributed by atoms with E-state index in [1.54, 1.807) is 0 Å². The molecule has 1 amide bonds. The maximum absolute atomic E-state index is 12.5. The number of likely N-dealkylation sites (N-methyl/N-ethyl adjacent to an activating group) is 1. The first-order valence-corrected chi connectivity index (χ1v) is 15.9. The second kappa shape index (κ2) is 11.7. The number of nitrogens with one attached hydrogen (secondary N) is 2. The summed E-state index contributed by atoms with van der Waals surface area (Å²) < 4.78 is 6.80. The molecule has 0 radical (unpaired) electrons. The average Bonchev–Trinajstić information content (AvgIpc) is 3.54. The number of hydrogen-bond donors (Lipinski definition) is 2. The summed E-state index contributed by atoms with van der Waals surface area (Å²) in [7, 11) is 2.20. The molecule has 7 atom stereocenters. The van der Waals surface area contributed by atoms with Crippen molar-refractivity contribution in [3.05, 3.63) is 42.0 Å². The third-order valence-corrected chi connectivity index (χ3v) is 11.8. The Bertz CT molecular complexity index is 1160. The van der Waals surface area contributed by atoms with Crippen molar-refractivity contribution >= 4 is 17.7 Å². The Hall–Kier alpha value is -1.93. The topological polar surface area (TPSA) is 83.9 Å². The van der Waals surface area contributed by atoms with E-state index >= 15 is 0 Å². The quantitative estimate of drug-likeness (QED) is 0.511. The molecule has 5 aliphatic rings. The summed E-state index contributed by atoms with van der Waals surface area (Å²) in [5.74, 6) is 0.361. The van der Waals surface area contributed by atoms with Gasteiger partial charge in [-0.25, -0.2) is 0 Å². The first-order chi connectivity index (χ1) is 19.4. The number of nitriles is 1. The first kappa shape index (κ1) is 28.2. The minimum atomic E-state index is -0.215.